The number of ether oxygens (including phenoxy) is 1. The average molecular weight is 508 g/mol. The number of H-pyrrole nitrogens is 1. The molecule has 2 aromatic heterocycles. The minimum atomic E-state index is -0.881. The molecule has 176 valence electrons. The minimum absolute atomic E-state index is 0.0831. The highest BCUT2D eigenvalue weighted by Gasteiger charge is 2.47. The van der Waals surface area contributed by atoms with Gasteiger partial charge >= 0.3 is 0 Å². The van der Waals surface area contributed by atoms with Crippen molar-refractivity contribution < 1.29 is 19.4 Å². The maximum atomic E-state index is 13.4. The lowest BCUT2D eigenvalue weighted by Crippen LogP contribution is -2.29. The van der Waals surface area contributed by atoms with Crippen LogP contribution in [0.15, 0.2) is 72.7 Å². The molecule has 0 spiro atoms. The monoisotopic (exact) mass is 507 g/mol. The zero-order chi connectivity index (χ0) is 24.7. The molecular weight excluding hydrogens is 489 g/mol. The number of hydrogen-bond donors (Lipinski definition) is 2. The predicted molar refractivity (Wildman–Crippen MR) is 133 cm³/mol. The number of carbonyl (C=O) groups excluding carboxylic acids is 2. The van der Waals surface area contributed by atoms with Gasteiger partial charge in [0.1, 0.15) is 11.5 Å². The Kier molecular flexibility index (Phi) is 5.96. The molecule has 1 saturated heterocycles. The van der Waals surface area contributed by atoms with E-state index < -0.39 is 23.5 Å². The van der Waals surface area contributed by atoms with Crippen LogP contribution in [-0.4, -0.2) is 38.8 Å². The molecule has 0 bridgehead atoms. The summed E-state index contributed by atoms with van der Waals surface area (Å²) >= 11 is 12.5. The lowest BCUT2D eigenvalue weighted by Gasteiger charge is -2.25. The molecular formula is C26H19Cl2N3O4. The van der Waals surface area contributed by atoms with Crippen molar-refractivity contribution in [1.82, 2.24) is 14.9 Å². The third-order valence-corrected chi connectivity index (χ3v) is 6.50. The largest absolute Gasteiger partial charge is 0.507 e. The van der Waals surface area contributed by atoms with E-state index in [9.17, 15) is 14.7 Å². The van der Waals surface area contributed by atoms with Crippen LogP contribution in [0.5, 0.6) is 5.75 Å². The highest BCUT2D eigenvalue weighted by molar-refractivity contribution is 6.47. The number of aromatic amines is 1. The number of aromatic nitrogens is 2. The first-order valence-corrected chi connectivity index (χ1v) is 11.4. The van der Waals surface area contributed by atoms with Gasteiger partial charge in [-0.25, -0.2) is 0 Å². The van der Waals surface area contributed by atoms with Crippen molar-refractivity contribution in [3.8, 4) is 5.75 Å². The number of methoxy groups -OCH3 is 1. The third kappa shape index (κ3) is 3.92. The third-order valence-electron chi connectivity index (χ3n) is 6.00. The van der Waals surface area contributed by atoms with E-state index >= 15 is 0 Å². The van der Waals surface area contributed by atoms with Crippen molar-refractivity contribution in [1.29, 1.82) is 0 Å². The Labute approximate surface area is 210 Å². The van der Waals surface area contributed by atoms with Gasteiger partial charge in [0.2, 0.25) is 0 Å². The van der Waals surface area contributed by atoms with E-state index in [2.05, 4.69) is 9.97 Å². The summed E-state index contributed by atoms with van der Waals surface area (Å²) in [6.07, 6.45) is 5.00. The molecule has 1 unspecified atom stereocenters. The molecule has 1 atom stereocenters. The number of para-hydroxylation sites is 1. The second kappa shape index (κ2) is 9.09. The first-order valence-electron chi connectivity index (χ1n) is 10.7. The van der Waals surface area contributed by atoms with Crippen LogP contribution >= 0.6 is 23.2 Å². The maximum absolute atomic E-state index is 13.4. The van der Waals surface area contributed by atoms with Crippen molar-refractivity contribution in [2.45, 2.75) is 12.6 Å². The number of aliphatic hydroxyl groups excluding tert-OH is 1. The van der Waals surface area contributed by atoms with Crippen molar-refractivity contribution in [3.63, 3.8) is 0 Å². The summed E-state index contributed by atoms with van der Waals surface area (Å²) in [7, 11) is 1.39. The number of Topliss-reactive ketones (excluding diaryl/α,β-unsaturated/α-hetero) is 1. The fourth-order valence-electron chi connectivity index (χ4n) is 4.46. The number of hydrogen-bond acceptors (Lipinski definition) is 5. The lowest BCUT2D eigenvalue weighted by atomic mass is 9.94. The Morgan fingerprint density at radius 2 is 1.97 bits per heavy atom. The Morgan fingerprint density at radius 1 is 1.17 bits per heavy atom. The van der Waals surface area contributed by atoms with Gasteiger partial charge in [0.25, 0.3) is 11.7 Å². The number of nitrogens with zero attached hydrogens (tertiary/aromatic N) is 2. The van der Waals surface area contributed by atoms with E-state index in [1.165, 1.54) is 24.1 Å². The van der Waals surface area contributed by atoms with Gasteiger partial charge in [0.15, 0.2) is 0 Å². The van der Waals surface area contributed by atoms with Crippen molar-refractivity contribution in [2.24, 2.45) is 0 Å². The van der Waals surface area contributed by atoms with Gasteiger partial charge in [-0.15, -0.1) is 0 Å². The van der Waals surface area contributed by atoms with E-state index in [-0.39, 0.29) is 33.5 Å². The molecule has 7 nitrogen and oxygen atoms in total. The maximum Gasteiger partial charge on any atom is 0.295 e. The molecule has 2 N–H and O–H groups in total. The lowest BCUT2D eigenvalue weighted by molar-refractivity contribution is -0.140. The van der Waals surface area contributed by atoms with Crippen LogP contribution in [0.4, 0.5) is 0 Å². The number of likely N-dealkylation sites (tertiary alicyclic amines) is 1. The molecule has 9 heteroatoms. The molecule has 0 radical (unpaired) electrons. The number of fused-ring (bicyclic) bond motifs is 1. The second-order valence-corrected chi connectivity index (χ2v) is 8.89. The van der Waals surface area contributed by atoms with Crippen LogP contribution in [0.3, 0.4) is 0 Å². The molecule has 1 aliphatic rings. The fraction of sp³-hybridized carbons (Fsp3) is 0.115. The van der Waals surface area contributed by atoms with Gasteiger partial charge in [-0.2, -0.15) is 0 Å². The van der Waals surface area contributed by atoms with Crippen molar-refractivity contribution >= 4 is 51.6 Å². The first-order chi connectivity index (χ1) is 16.9. The van der Waals surface area contributed by atoms with Crippen LogP contribution in [0, 0.1) is 0 Å². The molecule has 2 aromatic carbocycles. The highest BCUT2D eigenvalue weighted by atomic mass is 35.5. The number of pyridine rings is 1. The normalized spacial score (nSPS) is 17.3. The van der Waals surface area contributed by atoms with E-state index in [1.54, 1.807) is 24.7 Å². The zero-order valence-corrected chi connectivity index (χ0v) is 20.0. The zero-order valence-electron chi connectivity index (χ0n) is 18.5. The molecule has 1 aliphatic heterocycles. The van der Waals surface area contributed by atoms with Crippen LogP contribution in [0.2, 0.25) is 10.0 Å². The quantitative estimate of drug-likeness (QED) is 0.211. The Bertz CT molecular complexity index is 1500. The number of nitrogens with one attached hydrogen (secondary N) is 1. The van der Waals surface area contributed by atoms with Crippen LogP contribution < -0.4 is 4.74 Å². The molecule has 35 heavy (non-hydrogen) atoms. The summed E-state index contributed by atoms with van der Waals surface area (Å²) in [4.78, 5) is 35.4. The SMILES string of the molecule is COc1c(Cl)cc(Cl)cc1/C(O)=C1\C(=O)C(=O)N(Cc2cccnc2)C1c1c[nH]c2ccccc12. The number of amides is 1. The number of aliphatic hydroxyl groups is 1. The van der Waals surface area contributed by atoms with Crippen LogP contribution in [0.25, 0.3) is 16.7 Å². The molecule has 5 rings (SSSR count). The number of benzene rings is 2. The predicted octanol–water partition coefficient (Wildman–Crippen LogP) is 5.50. The topological polar surface area (TPSA) is 95.5 Å². The smallest absolute Gasteiger partial charge is 0.295 e. The van der Waals surface area contributed by atoms with E-state index in [4.69, 9.17) is 27.9 Å². The van der Waals surface area contributed by atoms with Crippen molar-refractivity contribution in [2.75, 3.05) is 7.11 Å². The van der Waals surface area contributed by atoms with Gasteiger partial charge in [0.05, 0.1) is 29.3 Å². The van der Waals surface area contributed by atoms with E-state index in [0.29, 0.717) is 5.56 Å². The number of rotatable bonds is 5. The van der Waals surface area contributed by atoms with Gasteiger partial charge in [0, 0.05) is 46.6 Å². The van der Waals surface area contributed by atoms with Crippen LogP contribution in [0.1, 0.15) is 22.7 Å². The van der Waals surface area contributed by atoms with Gasteiger partial charge in [-0.3, -0.25) is 14.6 Å². The first kappa shape index (κ1) is 23.0. The fourth-order valence-corrected chi connectivity index (χ4v) is 5.03. The van der Waals surface area contributed by atoms with Gasteiger partial charge in [-0.05, 0) is 29.8 Å². The van der Waals surface area contributed by atoms with Crippen LogP contribution in [-0.2, 0) is 16.1 Å². The van der Waals surface area contributed by atoms with Crippen molar-refractivity contribution in [3.05, 3.63) is 99.4 Å². The molecule has 1 fully saturated rings. The average Bonchev–Trinajstić information content (AvgIpc) is 3.38. The summed E-state index contributed by atoms with van der Waals surface area (Å²) in [6.45, 7) is 0.118. The van der Waals surface area contributed by atoms with Gasteiger partial charge in [-0.1, -0.05) is 47.5 Å². The van der Waals surface area contributed by atoms with E-state index in [1.807, 2.05) is 30.3 Å². The molecule has 1 amide bonds. The molecule has 4 aromatic rings. The summed E-state index contributed by atoms with van der Waals surface area (Å²) < 4.78 is 5.38. The second-order valence-electron chi connectivity index (χ2n) is 8.05. The molecule has 0 aliphatic carbocycles. The Hall–Kier alpha value is -3.81. The molecule has 3 heterocycles. The van der Waals surface area contributed by atoms with Gasteiger partial charge < -0.3 is 19.7 Å². The number of ketones is 1. The summed E-state index contributed by atoms with van der Waals surface area (Å²) in [5, 5.41) is 12.7. The minimum Gasteiger partial charge on any atom is -0.507 e. The summed E-state index contributed by atoms with van der Waals surface area (Å²) in [6, 6.07) is 13.1. The number of halogens is 2. The highest BCUT2D eigenvalue weighted by Crippen LogP contribution is 2.45. The Morgan fingerprint density at radius 3 is 2.71 bits per heavy atom. The summed E-state index contributed by atoms with van der Waals surface area (Å²) in [5.41, 5.74) is 2.27. The standard InChI is InChI=1S/C26H19Cl2N3O4/c1-35-25-17(9-15(27)10-19(25)28)23(32)21-22(18-12-30-20-7-3-2-6-16(18)20)31(26(34)24(21)33)13-14-5-4-8-29-11-14/h2-12,22,30,32H,13H2,1H3/b23-21+. The summed E-state index contributed by atoms with van der Waals surface area (Å²) in [5.74, 6) is -1.84. The number of carbonyl (C=O) groups is 2. The molecule has 0 saturated carbocycles. The van der Waals surface area contributed by atoms with E-state index in [0.717, 1.165) is 16.5 Å². The Balaban J connectivity index is 1.76.